The van der Waals surface area contributed by atoms with E-state index in [4.69, 9.17) is 4.74 Å². The van der Waals surface area contributed by atoms with Crippen molar-refractivity contribution in [3.05, 3.63) is 29.8 Å². The molecule has 3 nitrogen and oxygen atoms in total. The standard InChI is InChI=1S/C16H17NO2.C2H6/c1-3-10-16(2)12-6-4-5-7-13(12)17-15(18)14(19-16)11-8-9-11;1-2/h4-7,11,14H,8-9H2,1-2H3,(H,17,18);1-2H3. The van der Waals surface area contributed by atoms with E-state index in [1.807, 2.05) is 45.0 Å². The van der Waals surface area contributed by atoms with Gasteiger partial charge in [0.2, 0.25) is 0 Å². The molecule has 1 amide bonds. The number of hydrogen-bond acceptors (Lipinski definition) is 2. The number of benzene rings is 1. The normalized spacial score (nSPS) is 27.0. The molecule has 1 aromatic carbocycles. The van der Waals surface area contributed by atoms with E-state index in [2.05, 4.69) is 17.2 Å². The molecule has 3 rings (SSSR count). The van der Waals surface area contributed by atoms with Crippen LogP contribution in [0.4, 0.5) is 5.69 Å². The summed E-state index contributed by atoms with van der Waals surface area (Å²) in [5, 5.41) is 2.98. The maximum atomic E-state index is 12.3. The van der Waals surface area contributed by atoms with E-state index in [0.29, 0.717) is 5.92 Å². The van der Waals surface area contributed by atoms with Crippen molar-refractivity contribution in [3.63, 3.8) is 0 Å². The molecule has 3 heteroatoms. The van der Waals surface area contributed by atoms with Gasteiger partial charge in [-0.3, -0.25) is 4.79 Å². The molecule has 1 aliphatic heterocycles. The van der Waals surface area contributed by atoms with Crippen molar-refractivity contribution in [3.8, 4) is 11.8 Å². The van der Waals surface area contributed by atoms with Gasteiger partial charge in [-0.15, -0.1) is 5.92 Å². The van der Waals surface area contributed by atoms with Crippen LogP contribution in [0.15, 0.2) is 24.3 Å². The van der Waals surface area contributed by atoms with Gasteiger partial charge in [-0.05, 0) is 38.7 Å². The van der Waals surface area contributed by atoms with E-state index in [1.54, 1.807) is 6.92 Å². The first-order valence-corrected chi connectivity index (χ1v) is 7.66. The second-order valence-electron chi connectivity index (χ2n) is 5.32. The van der Waals surface area contributed by atoms with Crippen molar-refractivity contribution in [1.82, 2.24) is 0 Å². The molecule has 1 aliphatic carbocycles. The minimum atomic E-state index is -0.724. The van der Waals surface area contributed by atoms with Gasteiger partial charge in [0, 0.05) is 11.3 Å². The molecule has 1 saturated carbocycles. The summed E-state index contributed by atoms with van der Waals surface area (Å²) in [6.07, 6.45) is 1.73. The maximum Gasteiger partial charge on any atom is 0.253 e. The highest BCUT2D eigenvalue weighted by molar-refractivity contribution is 5.96. The van der Waals surface area contributed by atoms with Crippen LogP contribution < -0.4 is 5.32 Å². The number of nitrogens with one attached hydrogen (secondary N) is 1. The third-order valence-corrected chi connectivity index (χ3v) is 3.73. The van der Waals surface area contributed by atoms with E-state index >= 15 is 0 Å². The second kappa shape index (κ2) is 6.32. The van der Waals surface area contributed by atoms with Crippen molar-refractivity contribution in [2.24, 2.45) is 5.92 Å². The molecule has 0 spiro atoms. The number of fused-ring (bicyclic) bond motifs is 1. The molecule has 2 unspecified atom stereocenters. The average molecular weight is 285 g/mol. The summed E-state index contributed by atoms with van der Waals surface area (Å²) >= 11 is 0. The van der Waals surface area contributed by atoms with Gasteiger partial charge in [0.05, 0.1) is 0 Å². The molecular weight excluding hydrogens is 262 g/mol. The fraction of sp³-hybridized carbons (Fsp3) is 0.500. The summed E-state index contributed by atoms with van der Waals surface area (Å²) in [6.45, 7) is 7.74. The molecule has 2 atom stereocenters. The largest absolute Gasteiger partial charge is 0.345 e. The molecule has 1 aromatic rings. The monoisotopic (exact) mass is 285 g/mol. The quantitative estimate of drug-likeness (QED) is 0.799. The summed E-state index contributed by atoms with van der Waals surface area (Å²) in [6, 6.07) is 7.73. The molecule has 112 valence electrons. The van der Waals surface area contributed by atoms with E-state index in [9.17, 15) is 4.79 Å². The Morgan fingerprint density at radius 3 is 2.57 bits per heavy atom. The van der Waals surface area contributed by atoms with Crippen molar-refractivity contribution in [1.29, 1.82) is 0 Å². The van der Waals surface area contributed by atoms with Crippen LogP contribution in [0.25, 0.3) is 0 Å². The molecule has 1 fully saturated rings. The third-order valence-electron chi connectivity index (χ3n) is 3.73. The number of anilines is 1. The van der Waals surface area contributed by atoms with Crippen LogP contribution in [-0.4, -0.2) is 12.0 Å². The lowest BCUT2D eigenvalue weighted by atomic mass is 9.94. The number of ether oxygens (including phenoxy) is 1. The smallest absolute Gasteiger partial charge is 0.253 e. The van der Waals surface area contributed by atoms with Gasteiger partial charge in [0.15, 0.2) is 5.60 Å². The van der Waals surface area contributed by atoms with Crippen LogP contribution in [0.3, 0.4) is 0 Å². The zero-order valence-corrected chi connectivity index (χ0v) is 13.2. The lowest BCUT2D eigenvalue weighted by Gasteiger charge is -2.27. The zero-order valence-electron chi connectivity index (χ0n) is 13.2. The van der Waals surface area contributed by atoms with E-state index in [-0.39, 0.29) is 5.91 Å². The SMILES string of the molecule is CC.CC#CC1(C)OC(C2CC2)C(=O)Nc2ccccc21. The van der Waals surface area contributed by atoms with Crippen LogP contribution in [-0.2, 0) is 15.1 Å². The van der Waals surface area contributed by atoms with Crippen LogP contribution in [0.5, 0.6) is 0 Å². The van der Waals surface area contributed by atoms with Gasteiger partial charge in [-0.2, -0.15) is 0 Å². The first-order valence-electron chi connectivity index (χ1n) is 7.66. The second-order valence-corrected chi connectivity index (χ2v) is 5.32. The highest BCUT2D eigenvalue weighted by Gasteiger charge is 2.44. The highest BCUT2D eigenvalue weighted by atomic mass is 16.5. The summed E-state index contributed by atoms with van der Waals surface area (Å²) in [5.41, 5.74) is 1.01. The van der Waals surface area contributed by atoms with E-state index in [0.717, 1.165) is 24.1 Å². The Kier molecular flexibility index (Phi) is 4.69. The molecule has 2 aliphatic rings. The summed E-state index contributed by atoms with van der Waals surface area (Å²) in [7, 11) is 0. The number of carbonyl (C=O) groups is 1. The van der Waals surface area contributed by atoms with Gasteiger partial charge in [-0.1, -0.05) is 38.0 Å². The predicted molar refractivity (Wildman–Crippen MR) is 84.8 cm³/mol. The molecule has 0 radical (unpaired) electrons. The van der Waals surface area contributed by atoms with E-state index < -0.39 is 11.7 Å². The summed E-state index contributed by atoms with van der Waals surface area (Å²) < 4.78 is 6.12. The maximum absolute atomic E-state index is 12.3. The average Bonchev–Trinajstić information content (AvgIpc) is 3.32. The van der Waals surface area contributed by atoms with Crippen molar-refractivity contribution < 1.29 is 9.53 Å². The predicted octanol–water partition coefficient (Wildman–Crippen LogP) is 3.70. The lowest BCUT2D eigenvalue weighted by molar-refractivity contribution is -0.136. The van der Waals surface area contributed by atoms with Crippen molar-refractivity contribution in [2.75, 3.05) is 5.32 Å². The molecular formula is C18H23NO2. The number of hydrogen-bond donors (Lipinski definition) is 1. The first kappa shape index (κ1) is 15.6. The highest BCUT2D eigenvalue weighted by Crippen LogP contribution is 2.42. The lowest BCUT2D eigenvalue weighted by Crippen LogP contribution is -2.35. The van der Waals surface area contributed by atoms with Crippen LogP contribution >= 0.6 is 0 Å². The van der Waals surface area contributed by atoms with Gasteiger partial charge >= 0.3 is 0 Å². The molecule has 21 heavy (non-hydrogen) atoms. The molecule has 1 N–H and O–H groups in total. The Bertz CT molecular complexity index is 580. The Balaban J connectivity index is 0.000000774. The summed E-state index contributed by atoms with van der Waals surface area (Å²) in [4.78, 5) is 12.3. The van der Waals surface area contributed by atoms with Gasteiger partial charge in [0.25, 0.3) is 5.91 Å². The van der Waals surface area contributed by atoms with Crippen molar-refractivity contribution >= 4 is 11.6 Å². The van der Waals surface area contributed by atoms with Gasteiger partial charge in [-0.25, -0.2) is 0 Å². The van der Waals surface area contributed by atoms with Crippen molar-refractivity contribution in [2.45, 2.75) is 52.2 Å². The topological polar surface area (TPSA) is 38.3 Å². The molecule has 1 heterocycles. The summed E-state index contributed by atoms with van der Waals surface area (Å²) in [5.74, 6) is 6.35. The fourth-order valence-electron chi connectivity index (χ4n) is 2.63. The van der Waals surface area contributed by atoms with Crippen LogP contribution in [0, 0.1) is 17.8 Å². The Morgan fingerprint density at radius 2 is 1.95 bits per heavy atom. The van der Waals surface area contributed by atoms with Gasteiger partial charge in [0.1, 0.15) is 6.10 Å². The fourth-order valence-corrected chi connectivity index (χ4v) is 2.63. The minimum Gasteiger partial charge on any atom is -0.345 e. The van der Waals surface area contributed by atoms with Crippen LogP contribution in [0.2, 0.25) is 0 Å². The third kappa shape index (κ3) is 3.11. The molecule has 0 bridgehead atoms. The first-order chi connectivity index (χ1) is 10.1. The zero-order chi connectivity index (χ0) is 15.5. The van der Waals surface area contributed by atoms with Crippen LogP contribution in [0.1, 0.15) is 46.1 Å². The minimum absolute atomic E-state index is 0.0448. The Morgan fingerprint density at radius 1 is 1.29 bits per heavy atom. The molecule has 0 saturated heterocycles. The number of amides is 1. The number of carbonyl (C=O) groups excluding carboxylic acids is 1. The Hall–Kier alpha value is -1.79. The Labute approximate surface area is 127 Å². The van der Waals surface area contributed by atoms with E-state index in [1.165, 1.54) is 0 Å². The number of para-hydroxylation sites is 1. The number of rotatable bonds is 1. The van der Waals surface area contributed by atoms with Gasteiger partial charge < -0.3 is 10.1 Å². The molecule has 0 aromatic heterocycles.